The second-order valence-corrected chi connectivity index (χ2v) is 4.25. The fourth-order valence-electron chi connectivity index (χ4n) is 1.40. The summed E-state index contributed by atoms with van der Waals surface area (Å²) in [4.78, 5) is 0.289. The molecular weight excluding hydrogens is 217 g/mol. The Balaban J connectivity index is 2.81. The SMILES string of the molecule is N#CCc1c(S)c(F)cc2sccc12. The Bertz CT molecular complexity index is 525. The van der Waals surface area contributed by atoms with Crippen molar-refractivity contribution in [2.45, 2.75) is 11.3 Å². The predicted octanol–water partition coefficient (Wildman–Crippen LogP) is 3.40. The van der Waals surface area contributed by atoms with Crippen molar-refractivity contribution in [3.05, 3.63) is 28.9 Å². The lowest BCUT2D eigenvalue weighted by molar-refractivity contribution is 0.602. The van der Waals surface area contributed by atoms with Gasteiger partial charge in [-0.05, 0) is 28.5 Å². The number of nitriles is 1. The zero-order chi connectivity index (χ0) is 10.1. The topological polar surface area (TPSA) is 23.8 Å². The van der Waals surface area contributed by atoms with E-state index in [1.807, 2.05) is 17.5 Å². The first kappa shape index (κ1) is 9.50. The molecule has 0 aliphatic rings. The van der Waals surface area contributed by atoms with Crippen LogP contribution in [0.1, 0.15) is 5.56 Å². The van der Waals surface area contributed by atoms with Gasteiger partial charge in [-0.25, -0.2) is 4.39 Å². The standard InChI is InChI=1S/C10H6FNS2/c11-8-5-9-6(2-4-14-9)7(1-3-12)10(8)13/h2,4-5,13H,1H2. The number of nitrogens with zero attached hydrogens (tertiary/aromatic N) is 1. The third kappa shape index (κ3) is 1.39. The van der Waals surface area contributed by atoms with E-state index in [1.165, 1.54) is 17.4 Å². The highest BCUT2D eigenvalue weighted by molar-refractivity contribution is 7.80. The van der Waals surface area contributed by atoms with E-state index in [2.05, 4.69) is 12.6 Å². The van der Waals surface area contributed by atoms with Crippen LogP contribution in [0.2, 0.25) is 0 Å². The monoisotopic (exact) mass is 223 g/mol. The number of rotatable bonds is 1. The molecule has 0 amide bonds. The number of halogens is 1. The maximum absolute atomic E-state index is 13.3. The van der Waals surface area contributed by atoms with Gasteiger partial charge in [0.05, 0.1) is 12.5 Å². The molecule has 0 spiro atoms. The van der Waals surface area contributed by atoms with Gasteiger partial charge in [0.1, 0.15) is 5.82 Å². The summed E-state index contributed by atoms with van der Waals surface area (Å²) >= 11 is 5.54. The van der Waals surface area contributed by atoms with Gasteiger partial charge in [-0.1, -0.05) is 0 Å². The molecule has 0 unspecified atom stereocenters. The van der Waals surface area contributed by atoms with E-state index in [1.54, 1.807) is 0 Å². The fourth-order valence-corrected chi connectivity index (χ4v) is 2.50. The molecule has 1 aromatic heterocycles. The van der Waals surface area contributed by atoms with Crippen molar-refractivity contribution in [2.75, 3.05) is 0 Å². The van der Waals surface area contributed by atoms with E-state index in [0.717, 1.165) is 10.1 Å². The van der Waals surface area contributed by atoms with Gasteiger partial charge in [0, 0.05) is 9.60 Å². The second-order valence-electron chi connectivity index (χ2n) is 2.85. The lowest BCUT2D eigenvalue weighted by Crippen LogP contribution is -1.89. The van der Waals surface area contributed by atoms with Gasteiger partial charge in [0.25, 0.3) is 0 Å². The summed E-state index contributed by atoms with van der Waals surface area (Å²) in [6, 6.07) is 5.38. The molecular formula is C10H6FNS2. The van der Waals surface area contributed by atoms with Crippen LogP contribution < -0.4 is 0 Å². The first-order chi connectivity index (χ1) is 6.74. The maximum atomic E-state index is 13.3. The Morgan fingerprint density at radius 1 is 1.57 bits per heavy atom. The van der Waals surface area contributed by atoms with Crippen molar-refractivity contribution >= 4 is 34.1 Å². The van der Waals surface area contributed by atoms with Crippen LogP contribution in [0.3, 0.4) is 0 Å². The van der Waals surface area contributed by atoms with Crippen molar-refractivity contribution < 1.29 is 4.39 Å². The Kier molecular flexibility index (Phi) is 2.44. The van der Waals surface area contributed by atoms with Crippen LogP contribution in [0.15, 0.2) is 22.4 Å². The highest BCUT2D eigenvalue weighted by Crippen LogP contribution is 2.31. The highest BCUT2D eigenvalue weighted by Gasteiger charge is 2.10. The Morgan fingerprint density at radius 3 is 3.07 bits per heavy atom. The molecule has 1 nitrogen and oxygen atoms in total. The van der Waals surface area contributed by atoms with E-state index in [0.29, 0.717) is 5.56 Å². The molecule has 0 aliphatic carbocycles. The summed E-state index contributed by atoms with van der Waals surface area (Å²) in [5.74, 6) is -0.353. The van der Waals surface area contributed by atoms with Gasteiger partial charge in [0.15, 0.2) is 0 Å². The molecule has 0 saturated heterocycles. The van der Waals surface area contributed by atoms with Crippen molar-refractivity contribution in [3.63, 3.8) is 0 Å². The third-order valence-corrected chi connectivity index (χ3v) is 3.39. The lowest BCUT2D eigenvalue weighted by atomic mass is 10.1. The highest BCUT2D eigenvalue weighted by atomic mass is 32.1. The van der Waals surface area contributed by atoms with E-state index in [9.17, 15) is 4.39 Å². The van der Waals surface area contributed by atoms with Crippen LogP contribution in [0.25, 0.3) is 10.1 Å². The summed E-state index contributed by atoms with van der Waals surface area (Å²) in [6.45, 7) is 0. The zero-order valence-electron chi connectivity index (χ0n) is 7.12. The molecule has 0 radical (unpaired) electrons. The average molecular weight is 223 g/mol. The van der Waals surface area contributed by atoms with Crippen molar-refractivity contribution in [1.29, 1.82) is 5.26 Å². The quantitative estimate of drug-likeness (QED) is 0.736. The molecule has 1 aromatic carbocycles. The van der Waals surface area contributed by atoms with E-state index < -0.39 is 0 Å². The molecule has 2 aromatic rings. The number of fused-ring (bicyclic) bond motifs is 1. The van der Waals surface area contributed by atoms with Crippen LogP contribution in [0, 0.1) is 17.1 Å². The molecule has 0 saturated carbocycles. The number of thiophene rings is 1. The van der Waals surface area contributed by atoms with Gasteiger partial charge >= 0.3 is 0 Å². The van der Waals surface area contributed by atoms with Gasteiger partial charge < -0.3 is 0 Å². The molecule has 14 heavy (non-hydrogen) atoms. The second kappa shape index (κ2) is 3.60. The van der Waals surface area contributed by atoms with Gasteiger partial charge in [0.2, 0.25) is 0 Å². The molecule has 0 N–H and O–H groups in total. The minimum atomic E-state index is -0.353. The van der Waals surface area contributed by atoms with Crippen molar-refractivity contribution in [1.82, 2.24) is 0 Å². The molecule has 2 rings (SSSR count). The summed E-state index contributed by atoms with van der Waals surface area (Å²) < 4.78 is 14.2. The first-order valence-electron chi connectivity index (χ1n) is 3.98. The van der Waals surface area contributed by atoms with Crippen LogP contribution in [-0.4, -0.2) is 0 Å². The molecule has 4 heteroatoms. The van der Waals surface area contributed by atoms with Crippen LogP contribution >= 0.6 is 24.0 Å². The van der Waals surface area contributed by atoms with Crippen LogP contribution in [-0.2, 0) is 6.42 Å². The minimum absolute atomic E-state index is 0.198. The Labute approximate surface area is 90.2 Å². The minimum Gasteiger partial charge on any atom is -0.206 e. The summed E-state index contributed by atoms with van der Waals surface area (Å²) in [6.07, 6.45) is 0.198. The predicted molar refractivity (Wildman–Crippen MR) is 58.4 cm³/mol. The summed E-state index contributed by atoms with van der Waals surface area (Å²) in [5, 5.41) is 11.4. The van der Waals surface area contributed by atoms with Crippen molar-refractivity contribution in [2.24, 2.45) is 0 Å². The summed E-state index contributed by atoms with van der Waals surface area (Å²) in [5.41, 5.74) is 0.687. The first-order valence-corrected chi connectivity index (χ1v) is 5.31. The van der Waals surface area contributed by atoms with Gasteiger partial charge in [-0.15, -0.1) is 24.0 Å². The average Bonchev–Trinajstić information content (AvgIpc) is 2.60. The van der Waals surface area contributed by atoms with Gasteiger partial charge in [-0.3, -0.25) is 0 Å². The number of benzene rings is 1. The van der Waals surface area contributed by atoms with E-state index >= 15 is 0 Å². The normalized spacial score (nSPS) is 10.4. The molecule has 0 atom stereocenters. The van der Waals surface area contributed by atoms with Crippen LogP contribution in [0.4, 0.5) is 4.39 Å². The molecule has 1 heterocycles. The van der Waals surface area contributed by atoms with Gasteiger partial charge in [-0.2, -0.15) is 5.26 Å². The number of thiol groups is 1. The smallest absolute Gasteiger partial charge is 0.138 e. The Morgan fingerprint density at radius 2 is 2.36 bits per heavy atom. The number of hydrogen-bond donors (Lipinski definition) is 1. The lowest BCUT2D eigenvalue weighted by Gasteiger charge is -2.03. The molecule has 0 bridgehead atoms. The van der Waals surface area contributed by atoms with E-state index in [4.69, 9.17) is 5.26 Å². The maximum Gasteiger partial charge on any atom is 0.138 e. The Hall–Kier alpha value is -1.05. The van der Waals surface area contributed by atoms with Crippen molar-refractivity contribution in [3.8, 4) is 6.07 Å². The fraction of sp³-hybridized carbons (Fsp3) is 0.100. The van der Waals surface area contributed by atoms with Crippen LogP contribution in [0.5, 0.6) is 0 Å². The molecule has 70 valence electrons. The number of hydrogen-bond acceptors (Lipinski definition) is 3. The zero-order valence-corrected chi connectivity index (χ0v) is 8.83. The third-order valence-electron chi connectivity index (χ3n) is 2.05. The summed E-state index contributed by atoms with van der Waals surface area (Å²) in [7, 11) is 0. The van der Waals surface area contributed by atoms with E-state index in [-0.39, 0.29) is 17.1 Å². The molecule has 0 fully saturated rings. The molecule has 0 aliphatic heterocycles. The largest absolute Gasteiger partial charge is 0.206 e.